The number of methoxy groups -OCH3 is 1. The van der Waals surface area contributed by atoms with Crippen molar-refractivity contribution in [2.45, 2.75) is 13.3 Å². The minimum Gasteiger partial charge on any atom is -0.484 e. The Morgan fingerprint density at radius 3 is 2.67 bits per heavy atom. The highest BCUT2D eigenvalue weighted by molar-refractivity contribution is 5.78. The third-order valence-electron chi connectivity index (χ3n) is 2.33. The van der Waals surface area contributed by atoms with Gasteiger partial charge in [-0.3, -0.25) is 9.59 Å². The monoisotopic (exact) mass is 251 g/mol. The summed E-state index contributed by atoms with van der Waals surface area (Å²) >= 11 is 0. The minimum atomic E-state index is -0.352. The lowest BCUT2D eigenvalue weighted by atomic mass is 10.2. The lowest BCUT2D eigenvalue weighted by molar-refractivity contribution is -0.140. The van der Waals surface area contributed by atoms with Crippen LogP contribution in [0.25, 0.3) is 0 Å². The number of carbonyl (C=O) groups excluding carboxylic acids is 2. The molecule has 1 rings (SSSR count). The van der Waals surface area contributed by atoms with Crippen molar-refractivity contribution < 1.29 is 19.1 Å². The Labute approximate surface area is 106 Å². The number of hydrogen-bond acceptors (Lipinski definition) is 4. The minimum absolute atomic E-state index is 0.0635. The van der Waals surface area contributed by atoms with E-state index in [0.717, 1.165) is 5.56 Å². The molecule has 0 radical (unpaired) electrons. The van der Waals surface area contributed by atoms with Crippen molar-refractivity contribution in [3.05, 3.63) is 29.8 Å². The SMILES string of the molecule is COC(=O)CCNC(=O)COc1ccccc1C. The average Bonchev–Trinajstić information content (AvgIpc) is 2.37. The number of nitrogens with one attached hydrogen (secondary N) is 1. The van der Waals surface area contributed by atoms with Gasteiger partial charge in [-0.2, -0.15) is 0 Å². The van der Waals surface area contributed by atoms with Gasteiger partial charge in [-0.25, -0.2) is 0 Å². The molecule has 0 aliphatic rings. The predicted octanol–water partition coefficient (Wildman–Crippen LogP) is 1.05. The van der Waals surface area contributed by atoms with Crippen molar-refractivity contribution in [1.82, 2.24) is 5.32 Å². The Kier molecular flexibility index (Phi) is 5.70. The van der Waals surface area contributed by atoms with E-state index in [9.17, 15) is 9.59 Å². The molecule has 1 amide bonds. The normalized spacial score (nSPS) is 9.67. The van der Waals surface area contributed by atoms with Crippen LogP contribution in [-0.2, 0) is 14.3 Å². The number of ether oxygens (including phenoxy) is 2. The zero-order valence-corrected chi connectivity index (χ0v) is 10.6. The highest BCUT2D eigenvalue weighted by atomic mass is 16.5. The fourth-order valence-corrected chi connectivity index (χ4v) is 1.32. The van der Waals surface area contributed by atoms with Gasteiger partial charge in [-0.15, -0.1) is 0 Å². The van der Waals surface area contributed by atoms with E-state index in [2.05, 4.69) is 10.1 Å². The van der Waals surface area contributed by atoms with Gasteiger partial charge in [0.25, 0.3) is 5.91 Å². The molecule has 98 valence electrons. The molecule has 0 fully saturated rings. The van der Waals surface area contributed by atoms with E-state index in [1.165, 1.54) is 7.11 Å². The second kappa shape index (κ2) is 7.32. The second-order valence-electron chi connectivity index (χ2n) is 3.73. The van der Waals surface area contributed by atoms with Crippen LogP contribution < -0.4 is 10.1 Å². The van der Waals surface area contributed by atoms with Gasteiger partial charge in [-0.05, 0) is 18.6 Å². The molecule has 18 heavy (non-hydrogen) atoms. The van der Waals surface area contributed by atoms with Gasteiger partial charge >= 0.3 is 5.97 Å². The summed E-state index contributed by atoms with van der Waals surface area (Å²) in [5.74, 6) is 0.0675. The Morgan fingerprint density at radius 1 is 1.28 bits per heavy atom. The van der Waals surface area contributed by atoms with Crippen molar-refractivity contribution in [2.75, 3.05) is 20.3 Å². The summed E-state index contributed by atoms with van der Waals surface area (Å²) in [5, 5.41) is 2.57. The molecule has 0 unspecified atom stereocenters. The molecule has 1 aromatic carbocycles. The first-order valence-corrected chi connectivity index (χ1v) is 5.65. The molecule has 1 N–H and O–H groups in total. The van der Waals surface area contributed by atoms with Crippen molar-refractivity contribution in [2.24, 2.45) is 0 Å². The summed E-state index contributed by atoms with van der Waals surface area (Å²) < 4.78 is 9.81. The van der Waals surface area contributed by atoms with Gasteiger partial charge in [-0.1, -0.05) is 18.2 Å². The largest absolute Gasteiger partial charge is 0.484 e. The van der Waals surface area contributed by atoms with Gasteiger partial charge < -0.3 is 14.8 Å². The fraction of sp³-hybridized carbons (Fsp3) is 0.385. The highest BCUT2D eigenvalue weighted by Crippen LogP contribution is 2.15. The van der Waals surface area contributed by atoms with Crippen LogP contribution in [0.1, 0.15) is 12.0 Å². The van der Waals surface area contributed by atoms with Crippen LogP contribution in [0.3, 0.4) is 0 Å². The number of esters is 1. The zero-order chi connectivity index (χ0) is 13.4. The van der Waals surface area contributed by atoms with Gasteiger partial charge in [0.1, 0.15) is 5.75 Å². The van der Waals surface area contributed by atoms with Crippen molar-refractivity contribution >= 4 is 11.9 Å². The fourth-order valence-electron chi connectivity index (χ4n) is 1.32. The first-order chi connectivity index (χ1) is 8.63. The quantitative estimate of drug-likeness (QED) is 0.768. The molecular formula is C13H17NO4. The maximum atomic E-state index is 11.4. The van der Waals surface area contributed by atoms with Crippen LogP contribution in [0.4, 0.5) is 0 Å². The molecule has 0 saturated carbocycles. The van der Waals surface area contributed by atoms with Crippen molar-refractivity contribution in [3.8, 4) is 5.75 Å². The first-order valence-electron chi connectivity index (χ1n) is 5.65. The molecule has 0 atom stereocenters. The van der Waals surface area contributed by atoms with E-state index in [0.29, 0.717) is 5.75 Å². The molecule has 0 aliphatic carbocycles. The number of hydrogen-bond donors (Lipinski definition) is 1. The number of rotatable bonds is 6. The summed E-state index contributed by atoms with van der Waals surface area (Å²) in [4.78, 5) is 22.2. The lowest BCUT2D eigenvalue weighted by Gasteiger charge is -2.08. The first kappa shape index (κ1) is 14.0. The Balaban J connectivity index is 2.25. The number of carbonyl (C=O) groups is 2. The molecular weight excluding hydrogens is 234 g/mol. The second-order valence-corrected chi connectivity index (χ2v) is 3.73. The van der Waals surface area contributed by atoms with Gasteiger partial charge in [0, 0.05) is 6.54 Å². The maximum absolute atomic E-state index is 11.4. The highest BCUT2D eigenvalue weighted by Gasteiger charge is 2.05. The Morgan fingerprint density at radius 2 is 2.00 bits per heavy atom. The van der Waals surface area contributed by atoms with E-state index in [4.69, 9.17) is 4.74 Å². The molecule has 1 aromatic rings. The van der Waals surface area contributed by atoms with Crippen LogP contribution in [0.15, 0.2) is 24.3 Å². The third kappa shape index (κ3) is 4.86. The molecule has 5 nitrogen and oxygen atoms in total. The molecule has 0 heterocycles. The number of benzene rings is 1. The van der Waals surface area contributed by atoms with E-state index >= 15 is 0 Å². The van der Waals surface area contributed by atoms with Crippen LogP contribution in [0, 0.1) is 6.92 Å². The van der Waals surface area contributed by atoms with Gasteiger partial charge in [0.05, 0.1) is 13.5 Å². The lowest BCUT2D eigenvalue weighted by Crippen LogP contribution is -2.30. The summed E-state index contributed by atoms with van der Waals surface area (Å²) in [6, 6.07) is 7.46. The third-order valence-corrected chi connectivity index (χ3v) is 2.33. The Hall–Kier alpha value is -2.04. The predicted molar refractivity (Wildman–Crippen MR) is 66.3 cm³/mol. The van der Waals surface area contributed by atoms with E-state index in [1.807, 2.05) is 25.1 Å². The maximum Gasteiger partial charge on any atom is 0.307 e. The van der Waals surface area contributed by atoms with E-state index in [-0.39, 0.29) is 31.4 Å². The number of para-hydroxylation sites is 1. The van der Waals surface area contributed by atoms with Crippen LogP contribution in [-0.4, -0.2) is 32.1 Å². The van der Waals surface area contributed by atoms with Gasteiger partial charge in [0.2, 0.25) is 0 Å². The Bertz CT molecular complexity index is 417. The van der Waals surface area contributed by atoms with Crippen LogP contribution >= 0.6 is 0 Å². The van der Waals surface area contributed by atoms with Crippen molar-refractivity contribution in [1.29, 1.82) is 0 Å². The molecule has 5 heteroatoms. The van der Waals surface area contributed by atoms with Crippen LogP contribution in [0.2, 0.25) is 0 Å². The standard InChI is InChI=1S/C13H17NO4/c1-10-5-3-4-6-11(10)18-9-12(15)14-8-7-13(16)17-2/h3-6H,7-9H2,1-2H3,(H,14,15). The van der Waals surface area contributed by atoms with E-state index < -0.39 is 0 Å². The summed E-state index contributed by atoms with van der Waals surface area (Å²) in [7, 11) is 1.31. The molecule has 0 aliphatic heterocycles. The summed E-state index contributed by atoms with van der Waals surface area (Å²) in [6.45, 7) is 2.10. The van der Waals surface area contributed by atoms with E-state index in [1.54, 1.807) is 6.07 Å². The summed E-state index contributed by atoms with van der Waals surface area (Å²) in [6.07, 6.45) is 0.159. The van der Waals surface area contributed by atoms with Gasteiger partial charge in [0.15, 0.2) is 6.61 Å². The molecule has 0 aromatic heterocycles. The number of amides is 1. The summed E-state index contributed by atoms with van der Waals surface area (Å²) in [5.41, 5.74) is 0.972. The van der Waals surface area contributed by atoms with Crippen molar-refractivity contribution in [3.63, 3.8) is 0 Å². The number of aryl methyl sites for hydroxylation is 1. The molecule has 0 bridgehead atoms. The van der Waals surface area contributed by atoms with Crippen LogP contribution in [0.5, 0.6) is 5.75 Å². The molecule has 0 spiro atoms. The topological polar surface area (TPSA) is 64.6 Å². The molecule has 0 saturated heterocycles. The smallest absolute Gasteiger partial charge is 0.307 e. The zero-order valence-electron chi connectivity index (χ0n) is 10.6. The average molecular weight is 251 g/mol.